The molecule has 1 aliphatic rings. The van der Waals surface area contributed by atoms with Gasteiger partial charge in [0.25, 0.3) is 0 Å². The highest BCUT2D eigenvalue weighted by Gasteiger charge is 2.21. The Bertz CT molecular complexity index is 749. The summed E-state index contributed by atoms with van der Waals surface area (Å²) in [6.45, 7) is 8.41. The Kier molecular flexibility index (Phi) is 6.38. The fourth-order valence-corrected chi connectivity index (χ4v) is 3.86. The minimum Gasteiger partial charge on any atom is -0.494 e. The predicted octanol–water partition coefficient (Wildman–Crippen LogP) is 4.67. The second-order valence-corrected chi connectivity index (χ2v) is 7.28. The highest BCUT2D eigenvalue weighted by atomic mass is 16.5. The molecule has 1 heterocycles. The Labute approximate surface area is 162 Å². The lowest BCUT2D eigenvalue weighted by atomic mass is 9.89. The van der Waals surface area contributed by atoms with Crippen molar-refractivity contribution in [3.8, 4) is 5.75 Å². The van der Waals surface area contributed by atoms with E-state index in [0.717, 1.165) is 37.2 Å². The van der Waals surface area contributed by atoms with Gasteiger partial charge in [0.2, 0.25) is 5.91 Å². The minimum absolute atomic E-state index is 0.00190. The quantitative estimate of drug-likeness (QED) is 0.808. The van der Waals surface area contributed by atoms with Crippen LogP contribution in [0.2, 0.25) is 0 Å². The molecule has 0 radical (unpaired) electrons. The lowest BCUT2D eigenvalue weighted by molar-refractivity contribution is -0.119. The normalized spacial score (nSPS) is 16.0. The van der Waals surface area contributed by atoms with Crippen molar-refractivity contribution in [3.05, 3.63) is 59.7 Å². The van der Waals surface area contributed by atoms with Gasteiger partial charge in [-0.15, -0.1) is 0 Å². The predicted molar refractivity (Wildman–Crippen MR) is 110 cm³/mol. The summed E-state index contributed by atoms with van der Waals surface area (Å²) in [5.41, 5.74) is 3.78. The van der Waals surface area contributed by atoms with Gasteiger partial charge in [0.1, 0.15) is 5.75 Å². The Balaban J connectivity index is 1.59. The van der Waals surface area contributed by atoms with E-state index in [9.17, 15) is 4.79 Å². The molecular formula is C23H30N2O2. The Morgan fingerprint density at radius 1 is 1.19 bits per heavy atom. The molecule has 2 aromatic rings. The third kappa shape index (κ3) is 5.03. The molecule has 1 N–H and O–H groups in total. The van der Waals surface area contributed by atoms with E-state index in [1.54, 1.807) is 6.92 Å². The first kappa shape index (κ1) is 19.3. The van der Waals surface area contributed by atoms with Gasteiger partial charge in [-0.3, -0.25) is 4.79 Å². The summed E-state index contributed by atoms with van der Waals surface area (Å²) >= 11 is 0. The zero-order valence-electron chi connectivity index (χ0n) is 16.6. The standard InChI is InChI=1S/C23H30N2O2/c1-4-27-23-7-5-6-21(16-23)20-12-14-25(15-13-20)22-10-8-19(9-11-22)17(2)24-18(3)26/h5-11,16-17,20H,4,12-15H2,1-3H3,(H,24,26)/t17-/m0/s1. The number of nitrogens with zero attached hydrogens (tertiary/aromatic N) is 1. The lowest BCUT2D eigenvalue weighted by Crippen LogP contribution is -2.32. The molecule has 0 aromatic heterocycles. The average Bonchev–Trinajstić information content (AvgIpc) is 2.68. The summed E-state index contributed by atoms with van der Waals surface area (Å²) in [4.78, 5) is 13.7. The summed E-state index contributed by atoms with van der Waals surface area (Å²) in [5, 5.41) is 2.93. The average molecular weight is 367 g/mol. The summed E-state index contributed by atoms with van der Waals surface area (Å²) in [7, 11) is 0. The van der Waals surface area contributed by atoms with Crippen molar-refractivity contribution in [3.63, 3.8) is 0 Å². The number of carbonyl (C=O) groups excluding carboxylic acids is 1. The van der Waals surface area contributed by atoms with Crippen molar-refractivity contribution in [2.75, 3.05) is 24.6 Å². The lowest BCUT2D eigenvalue weighted by Gasteiger charge is -2.34. The van der Waals surface area contributed by atoms with E-state index in [-0.39, 0.29) is 11.9 Å². The van der Waals surface area contributed by atoms with Crippen LogP contribution >= 0.6 is 0 Å². The van der Waals surface area contributed by atoms with Crippen LogP contribution in [0.4, 0.5) is 5.69 Å². The van der Waals surface area contributed by atoms with Crippen LogP contribution in [-0.4, -0.2) is 25.6 Å². The number of anilines is 1. The molecule has 4 nitrogen and oxygen atoms in total. The van der Waals surface area contributed by atoms with Crippen LogP contribution < -0.4 is 15.0 Å². The fourth-order valence-electron chi connectivity index (χ4n) is 3.86. The second-order valence-electron chi connectivity index (χ2n) is 7.28. The molecule has 1 aliphatic heterocycles. The van der Waals surface area contributed by atoms with E-state index < -0.39 is 0 Å². The second kappa shape index (κ2) is 8.94. The van der Waals surface area contributed by atoms with Crippen LogP contribution in [0.1, 0.15) is 56.7 Å². The zero-order valence-corrected chi connectivity index (χ0v) is 16.6. The van der Waals surface area contributed by atoms with Crippen LogP contribution in [0.3, 0.4) is 0 Å². The number of piperidine rings is 1. The minimum atomic E-state index is 0.00190. The van der Waals surface area contributed by atoms with E-state index in [1.807, 2.05) is 19.9 Å². The molecule has 1 saturated heterocycles. The molecule has 1 fully saturated rings. The van der Waals surface area contributed by atoms with Gasteiger partial charge < -0.3 is 15.0 Å². The van der Waals surface area contributed by atoms with Gasteiger partial charge in [-0.2, -0.15) is 0 Å². The van der Waals surface area contributed by atoms with Crippen molar-refractivity contribution in [1.29, 1.82) is 0 Å². The summed E-state index contributed by atoms with van der Waals surface area (Å²) in [6, 6.07) is 17.2. The molecule has 2 aromatic carbocycles. The number of rotatable bonds is 6. The number of carbonyl (C=O) groups is 1. The van der Waals surface area contributed by atoms with Crippen molar-refractivity contribution in [2.24, 2.45) is 0 Å². The maximum absolute atomic E-state index is 11.2. The van der Waals surface area contributed by atoms with Gasteiger partial charge >= 0.3 is 0 Å². The Hall–Kier alpha value is -2.49. The molecule has 27 heavy (non-hydrogen) atoms. The summed E-state index contributed by atoms with van der Waals surface area (Å²) in [6.07, 6.45) is 2.30. The molecule has 0 saturated carbocycles. The van der Waals surface area contributed by atoms with Gasteiger partial charge in [-0.05, 0) is 68.0 Å². The Morgan fingerprint density at radius 3 is 2.52 bits per heavy atom. The molecule has 0 aliphatic carbocycles. The number of nitrogens with one attached hydrogen (secondary N) is 1. The van der Waals surface area contributed by atoms with E-state index in [0.29, 0.717) is 12.5 Å². The summed E-state index contributed by atoms with van der Waals surface area (Å²) < 4.78 is 5.65. The van der Waals surface area contributed by atoms with E-state index >= 15 is 0 Å². The maximum Gasteiger partial charge on any atom is 0.217 e. The van der Waals surface area contributed by atoms with Crippen molar-refractivity contribution < 1.29 is 9.53 Å². The fraction of sp³-hybridized carbons (Fsp3) is 0.435. The van der Waals surface area contributed by atoms with E-state index in [2.05, 4.69) is 52.7 Å². The molecule has 0 spiro atoms. The van der Waals surface area contributed by atoms with Crippen molar-refractivity contribution in [1.82, 2.24) is 5.32 Å². The number of hydrogen-bond donors (Lipinski definition) is 1. The van der Waals surface area contributed by atoms with Crippen LogP contribution in [-0.2, 0) is 4.79 Å². The first-order valence-electron chi connectivity index (χ1n) is 9.91. The van der Waals surface area contributed by atoms with Crippen molar-refractivity contribution in [2.45, 2.75) is 45.6 Å². The first-order valence-corrected chi connectivity index (χ1v) is 9.91. The highest BCUT2D eigenvalue weighted by Crippen LogP contribution is 2.32. The third-order valence-electron chi connectivity index (χ3n) is 5.31. The smallest absolute Gasteiger partial charge is 0.217 e. The first-order chi connectivity index (χ1) is 13.1. The molecular weight excluding hydrogens is 336 g/mol. The highest BCUT2D eigenvalue weighted by molar-refractivity contribution is 5.73. The number of ether oxygens (including phenoxy) is 1. The van der Waals surface area contributed by atoms with Crippen LogP contribution in [0.25, 0.3) is 0 Å². The Morgan fingerprint density at radius 2 is 1.89 bits per heavy atom. The molecule has 144 valence electrons. The molecule has 0 bridgehead atoms. The number of benzene rings is 2. The zero-order chi connectivity index (χ0) is 19.2. The van der Waals surface area contributed by atoms with E-state index in [1.165, 1.54) is 11.3 Å². The molecule has 1 atom stereocenters. The van der Waals surface area contributed by atoms with Crippen molar-refractivity contribution >= 4 is 11.6 Å². The van der Waals surface area contributed by atoms with E-state index in [4.69, 9.17) is 4.74 Å². The van der Waals surface area contributed by atoms with Crippen LogP contribution in [0, 0.1) is 0 Å². The summed E-state index contributed by atoms with van der Waals surface area (Å²) in [5.74, 6) is 1.57. The molecule has 0 unspecified atom stereocenters. The third-order valence-corrected chi connectivity index (χ3v) is 5.31. The largest absolute Gasteiger partial charge is 0.494 e. The molecule has 1 amide bonds. The molecule has 4 heteroatoms. The van der Waals surface area contributed by atoms with Gasteiger partial charge in [0, 0.05) is 25.7 Å². The van der Waals surface area contributed by atoms with Crippen LogP contribution in [0.15, 0.2) is 48.5 Å². The monoisotopic (exact) mass is 366 g/mol. The van der Waals surface area contributed by atoms with Crippen LogP contribution in [0.5, 0.6) is 5.75 Å². The van der Waals surface area contributed by atoms with Gasteiger partial charge in [-0.1, -0.05) is 24.3 Å². The van der Waals surface area contributed by atoms with Gasteiger partial charge in [0.05, 0.1) is 12.6 Å². The molecule has 3 rings (SSSR count). The topological polar surface area (TPSA) is 41.6 Å². The maximum atomic E-state index is 11.2. The SMILES string of the molecule is CCOc1cccc(C2CCN(c3ccc([C@H](C)NC(C)=O)cc3)CC2)c1. The van der Waals surface area contributed by atoms with Gasteiger partial charge in [-0.25, -0.2) is 0 Å². The number of amides is 1. The number of hydrogen-bond acceptors (Lipinski definition) is 3. The van der Waals surface area contributed by atoms with Gasteiger partial charge in [0.15, 0.2) is 0 Å².